The molecule has 0 spiro atoms. The van der Waals surface area contributed by atoms with E-state index in [1.165, 1.54) is 25.3 Å². The minimum absolute atomic E-state index is 0.0844. The number of carbonyl (C=O) groups excluding carboxylic acids is 1. The number of nitro groups is 1. The van der Waals surface area contributed by atoms with Gasteiger partial charge in [-0.15, -0.1) is 0 Å². The van der Waals surface area contributed by atoms with E-state index in [-0.39, 0.29) is 12.3 Å². The average Bonchev–Trinajstić information content (AvgIpc) is 2.70. The maximum absolute atomic E-state index is 12.0. The number of methoxy groups -OCH3 is 2. The molecule has 1 N–H and O–H groups in total. The van der Waals surface area contributed by atoms with Gasteiger partial charge < -0.3 is 14.2 Å². The van der Waals surface area contributed by atoms with Gasteiger partial charge in [-0.3, -0.25) is 14.9 Å². The Hall–Kier alpha value is -3.14. The first kappa shape index (κ1) is 21.2. The number of hydrogen-bond acceptors (Lipinski definition) is 7. The monoisotopic (exact) mass is 451 g/mol. The molecule has 0 aromatic heterocycles. The number of nitrogens with one attached hydrogen (secondary N) is 1. The molecule has 0 fully saturated rings. The second kappa shape index (κ2) is 9.70. The van der Waals surface area contributed by atoms with E-state index in [1.54, 1.807) is 32.2 Å². The van der Waals surface area contributed by atoms with Crippen LogP contribution in [-0.4, -0.2) is 37.4 Å². The lowest BCUT2D eigenvalue weighted by Gasteiger charge is -2.10. The molecule has 28 heavy (non-hydrogen) atoms. The normalized spacial score (nSPS) is 10.9. The van der Waals surface area contributed by atoms with Crippen molar-refractivity contribution in [2.45, 2.75) is 6.92 Å². The lowest BCUT2D eigenvalue weighted by molar-refractivity contribution is -0.384. The standard InChI is InChI=1S/C18H18BrN3O6/c1-11(12-4-6-16(26-2)17(8-12)27-3)20-21-18(23)10-28-15-7-5-13(22(24)25)9-14(15)19/h4-9H,10H2,1-3H3,(H,21,23)/b20-11-. The van der Waals surface area contributed by atoms with E-state index in [0.29, 0.717) is 27.4 Å². The number of amides is 1. The highest BCUT2D eigenvalue weighted by atomic mass is 79.9. The van der Waals surface area contributed by atoms with Crippen molar-refractivity contribution in [3.8, 4) is 17.2 Å². The summed E-state index contributed by atoms with van der Waals surface area (Å²) in [7, 11) is 3.07. The molecule has 0 unspecified atom stereocenters. The molecular formula is C18H18BrN3O6. The quantitative estimate of drug-likeness (QED) is 0.374. The zero-order valence-electron chi connectivity index (χ0n) is 15.4. The fraction of sp³-hybridized carbons (Fsp3) is 0.222. The predicted molar refractivity (Wildman–Crippen MR) is 106 cm³/mol. The van der Waals surface area contributed by atoms with E-state index in [4.69, 9.17) is 14.2 Å². The molecule has 1 amide bonds. The Morgan fingerprint density at radius 3 is 2.43 bits per heavy atom. The van der Waals surface area contributed by atoms with E-state index in [1.807, 2.05) is 0 Å². The topological polar surface area (TPSA) is 112 Å². The fourth-order valence-corrected chi connectivity index (χ4v) is 2.65. The summed E-state index contributed by atoms with van der Waals surface area (Å²) in [6.07, 6.45) is 0. The zero-order chi connectivity index (χ0) is 20.7. The Balaban J connectivity index is 1.97. The average molecular weight is 452 g/mol. The molecule has 2 rings (SSSR count). The van der Waals surface area contributed by atoms with Crippen molar-refractivity contribution < 1.29 is 23.9 Å². The highest BCUT2D eigenvalue weighted by Gasteiger charge is 2.11. The summed E-state index contributed by atoms with van der Waals surface area (Å²) in [6, 6.07) is 9.27. The van der Waals surface area contributed by atoms with Gasteiger partial charge >= 0.3 is 0 Å². The van der Waals surface area contributed by atoms with Crippen LogP contribution in [0.1, 0.15) is 12.5 Å². The summed E-state index contributed by atoms with van der Waals surface area (Å²) < 4.78 is 16.1. The van der Waals surface area contributed by atoms with Crippen LogP contribution in [0.2, 0.25) is 0 Å². The van der Waals surface area contributed by atoms with Crippen LogP contribution >= 0.6 is 15.9 Å². The Labute approximate surface area is 169 Å². The Bertz CT molecular complexity index is 916. The molecular weight excluding hydrogens is 434 g/mol. The fourth-order valence-electron chi connectivity index (χ4n) is 2.17. The first-order valence-corrected chi connectivity index (χ1v) is 8.77. The van der Waals surface area contributed by atoms with Gasteiger partial charge in [-0.25, -0.2) is 5.43 Å². The molecule has 0 saturated carbocycles. The number of halogens is 1. The first-order valence-electron chi connectivity index (χ1n) is 7.98. The van der Waals surface area contributed by atoms with Crippen molar-refractivity contribution in [2.24, 2.45) is 5.10 Å². The van der Waals surface area contributed by atoms with Gasteiger partial charge in [0.05, 0.1) is 29.3 Å². The van der Waals surface area contributed by atoms with E-state index in [9.17, 15) is 14.9 Å². The SMILES string of the molecule is COc1ccc(/C(C)=N\NC(=O)COc2ccc([N+](=O)[O-])cc2Br)cc1OC. The third-order valence-corrected chi connectivity index (χ3v) is 4.25. The molecule has 2 aromatic carbocycles. The van der Waals surface area contributed by atoms with Crippen LogP contribution in [0.5, 0.6) is 17.2 Å². The van der Waals surface area contributed by atoms with Gasteiger partial charge in [-0.2, -0.15) is 5.10 Å². The lowest BCUT2D eigenvalue weighted by atomic mass is 10.1. The summed E-state index contributed by atoms with van der Waals surface area (Å²) in [5.74, 6) is 0.962. The van der Waals surface area contributed by atoms with Crippen molar-refractivity contribution in [2.75, 3.05) is 20.8 Å². The van der Waals surface area contributed by atoms with Crippen molar-refractivity contribution in [3.05, 3.63) is 56.5 Å². The van der Waals surface area contributed by atoms with Crippen molar-refractivity contribution in [1.29, 1.82) is 0 Å². The second-order valence-corrected chi connectivity index (χ2v) is 6.32. The Morgan fingerprint density at radius 1 is 1.14 bits per heavy atom. The summed E-state index contributed by atoms with van der Waals surface area (Å²) >= 11 is 3.17. The minimum Gasteiger partial charge on any atom is -0.493 e. The molecule has 10 heteroatoms. The van der Waals surface area contributed by atoms with Gasteiger partial charge in [0.25, 0.3) is 11.6 Å². The van der Waals surface area contributed by atoms with Crippen LogP contribution in [0.25, 0.3) is 0 Å². The van der Waals surface area contributed by atoms with E-state index >= 15 is 0 Å². The Kier molecular flexibility index (Phi) is 7.33. The van der Waals surface area contributed by atoms with E-state index < -0.39 is 10.8 Å². The van der Waals surface area contributed by atoms with Crippen molar-refractivity contribution in [3.63, 3.8) is 0 Å². The van der Waals surface area contributed by atoms with Crippen LogP contribution in [0.4, 0.5) is 5.69 Å². The molecule has 148 valence electrons. The van der Waals surface area contributed by atoms with E-state index in [0.717, 1.165) is 5.56 Å². The maximum atomic E-state index is 12.0. The number of nitro benzene ring substituents is 1. The zero-order valence-corrected chi connectivity index (χ0v) is 17.0. The number of hydrogen-bond donors (Lipinski definition) is 1. The molecule has 0 atom stereocenters. The van der Waals surface area contributed by atoms with Crippen LogP contribution in [-0.2, 0) is 4.79 Å². The molecule has 0 bridgehead atoms. The van der Waals surface area contributed by atoms with Crippen LogP contribution in [0.3, 0.4) is 0 Å². The van der Waals surface area contributed by atoms with Gasteiger partial charge in [-0.1, -0.05) is 0 Å². The van der Waals surface area contributed by atoms with Gasteiger partial charge in [0.15, 0.2) is 18.1 Å². The van der Waals surface area contributed by atoms with Gasteiger partial charge in [0.2, 0.25) is 0 Å². The highest BCUT2D eigenvalue weighted by Crippen LogP contribution is 2.29. The molecule has 0 saturated heterocycles. The third-order valence-electron chi connectivity index (χ3n) is 3.63. The molecule has 9 nitrogen and oxygen atoms in total. The van der Waals surface area contributed by atoms with Gasteiger partial charge in [0.1, 0.15) is 5.75 Å². The smallest absolute Gasteiger partial charge is 0.277 e. The summed E-state index contributed by atoms with van der Waals surface area (Å²) in [5, 5.41) is 14.8. The summed E-state index contributed by atoms with van der Waals surface area (Å²) in [6.45, 7) is 1.43. The molecule has 0 aliphatic carbocycles. The van der Waals surface area contributed by atoms with Crippen LogP contribution in [0.15, 0.2) is 46.0 Å². The van der Waals surface area contributed by atoms with E-state index in [2.05, 4.69) is 26.5 Å². The van der Waals surface area contributed by atoms with Crippen LogP contribution in [0, 0.1) is 10.1 Å². The molecule has 0 radical (unpaired) electrons. The predicted octanol–water partition coefficient (Wildman–Crippen LogP) is 3.29. The number of non-ortho nitro benzene ring substituents is 1. The lowest BCUT2D eigenvalue weighted by Crippen LogP contribution is -2.25. The van der Waals surface area contributed by atoms with Gasteiger partial charge in [-0.05, 0) is 47.1 Å². The molecule has 2 aromatic rings. The number of ether oxygens (including phenoxy) is 3. The number of rotatable bonds is 8. The van der Waals surface area contributed by atoms with Crippen molar-refractivity contribution in [1.82, 2.24) is 5.43 Å². The number of nitrogens with zero attached hydrogens (tertiary/aromatic N) is 2. The van der Waals surface area contributed by atoms with Crippen LogP contribution < -0.4 is 19.6 Å². The number of carbonyl (C=O) groups is 1. The summed E-state index contributed by atoms with van der Waals surface area (Å²) in [4.78, 5) is 22.2. The maximum Gasteiger partial charge on any atom is 0.277 e. The molecule has 0 heterocycles. The summed E-state index contributed by atoms with van der Waals surface area (Å²) in [5.41, 5.74) is 3.62. The van der Waals surface area contributed by atoms with Crippen molar-refractivity contribution >= 4 is 33.2 Å². The number of benzene rings is 2. The van der Waals surface area contributed by atoms with Gasteiger partial charge in [0, 0.05) is 17.7 Å². The minimum atomic E-state index is -0.521. The third kappa shape index (κ3) is 5.43. The molecule has 0 aliphatic heterocycles. The second-order valence-electron chi connectivity index (χ2n) is 5.46. The number of hydrazone groups is 1. The largest absolute Gasteiger partial charge is 0.493 e. The molecule has 0 aliphatic rings. The highest BCUT2D eigenvalue weighted by molar-refractivity contribution is 9.10. The Morgan fingerprint density at radius 2 is 1.82 bits per heavy atom. The first-order chi connectivity index (χ1) is 13.3.